The minimum absolute atomic E-state index is 0.0666. The molecule has 7 nitrogen and oxygen atoms in total. The molecular weight excluding hydrogens is 348 g/mol. The molecule has 1 heterocycles. The third kappa shape index (κ3) is 3.54. The number of imide groups is 2. The van der Waals surface area contributed by atoms with Crippen molar-refractivity contribution in [2.45, 2.75) is 45.1 Å². The van der Waals surface area contributed by atoms with Gasteiger partial charge in [0.1, 0.15) is 17.1 Å². The number of rotatable bonds is 4. The molecule has 1 aromatic rings. The molecule has 1 saturated heterocycles. The van der Waals surface area contributed by atoms with E-state index in [0.29, 0.717) is 17.1 Å². The summed E-state index contributed by atoms with van der Waals surface area (Å²) in [6.07, 6.45) is 6.06. The quantitative estimate of drug-likeness (QED) is 0.649. The van der Waals surface area contributed by atoms with E-state index in [2.05, 4.69) is 5.32 Å². The molecule has 4 amide bonds. The van der Waals surface area contributed by atoms with Crippen molar-refractivity contribution in [1.82, 2.24) is 10.2 Å². The minimum Gasteiger partial charge on any atom is -0.496 e. The second kappa shape index (κ2) is 7.82. The van der Waals surface area contributed by atoms with Crippen LogP contribution in [0.4, 0.5) is 4.79 Å². The number of barbiturate groups is 1. The van der Waals surface area contributed by atoms with Gasteiger partial charge in [0.05, 0.1) is 14.2 Å². The van der Waals surface area contributed by atoms with E-state index in [1.807, 2.05) is 6.92 Å². The minimum atomic E-state index is -0.687. The Bertz CT molecular complexity index is 809. The number of methoxy groups -OCH3 is 2. The summed E-state index contributed by atoms with van der Waals surface area (Å²) in [5.41, 5.74) is 1.27. The first-order chi connectivity index (χ1) is 13.0. The number of ether oxygens (including phenoxy) is 2. The lowest BCUT2D eigenvalue weighted by Crippen LogP contribution is -2.58. The van der Waals surface area contributed by atoms with E-state index in [0.717, 1.165) is 37.7 Å². The number of benzene rings is 1. The van der Waals surface area contributed by atoms with Crippen molar-refractivity contribution >= 4 is 23.9 Å². The van der Waals surface area contributed by atoms with Crippen LogP contribution in [0.1, 0.15) is 43.2 Å². The largest absolute Gasteiger partial charge is 0.496 e. The van der Waals surface area contributed by atoms with Gasteiger partial charge >= 0.3 is 6.03 Å². The molecule has 1 aliphatic carbocycles. The topological polar surface area (TPSA) is 84.9 Å². The van der Waals surface area contributed by atoms with Crippen molar-refractivity contribution < 1.29 is 23.9 Å². The van der Waals surface area contributed by atoms with Crippen LogP contribution >= 0.6 is 0 Å². The average molecular weight is 372 g/mol. The van der Waals surface area contributed by atoms with Gasteiger partial charge in [-0.05, 0) is 38.0 Å². The van der Waals surface area contributed by atoms with Crippen LogP contribution in [0.2, 0.25) is 0 Å². The van der Waals surface area contributed by atoms with Crippen LogP contribution in [0.5, 0.6) is 11.5 Å². The van der Waals surface area contributed by atoms with Crippen molar-refractivity contribution in [2.24, 2.45) is 0 Å². The third-order valence-electron chi connectivity index (χ3n) is 5.18. The number of urea groups is 1. The van der Waals surface area contributed by atoms with E-state index in [4.69, 9.17) is 9.47 Å². The lowest BCUT2D eigenvalue weighted by molar-refractivity contribution is -0.132. The van der Waals surface area contributed by atoms with Crippen molar-refractivity contribution in [3.8, 4) is 11.5 Å². The van der Waals surface area contributed by atoms with Gasteiger partial charge < -0.3 is 9.47 Å². The first-order valence-corrected chi connectivity index (χ1v) is 9.10. The molecule has 2 aliphatic rings. The first kappa shape index (κ1) is 18.9. The fourth-order valence-corrected chi connectivity index (χ4v) is 3.80. The molecule has 0 spiro atoms. The van der Waals surface area contributed by atoms with Crippen molar-refractivity contribution in [2.75, 3.05) is 14.2 Å². The predicted molar refractivity (Wildman–Crippen MR) is 99.5 cm³/mol. The Balaban J connectivity index is 1.99. The number of carbonyl (C=O) groups is 3. The highest BCUT2D eigenvalue weighted by atomic mass is 16.5. The highest BCUT2D eigenvalue weighted by Crippen LogP contribution is 2.33. The van der Waals surface area contributed by atoms with Gasteiger partial charge in [-0.25, -0.2) is 4.79 Å². The molecule has 1 saturated carbocycles. The Morgan fingerprint density at radius 3 is 2.41 bits per heavy atom. The normalized spacial score (nSPS) is 20.0. The van der Waals surface area contributed by atoms with Gasteiger partial charge in [-0.3, -0.25) is 19.8 Å². The maximum absolute atomic E-state index is 13.0. The maximum atomic E-state index is 13.0. The zero-order valence-corrected chi connectivity index (χ0v) is 15.8. The Morgan fingerprint density at radius 2 is 1.78 bits per heavy atom. The monoisotopic (exact) mass is 372 g/mol. The maximum Gasteiger partial charge on any atom is 0.331 e. The smallest absolute Gasteiger partial charge is 0.331 e. The van der Waals surface area contributed by atoms with Crippen LogP contribution in [0.25, 0.3) is 6.08 Å². The van der Waals surface area contributed by atoms with Gasteiger partial charge in [-0.2, -0.15) is 0 Å². The van der Waals surface area contributed by atoms with Crippen molar-refractivity contribution in [3.05, 3.63) is 28.8 Å². The molecule has 0 aromatic heterocycles. The van der Waals surface area contributed by atoms with E-state index in [9.17, 15) is 14.4 Å². The molecule has 144 valence electrons. The summed E-state index contributed by atoms with van der Waals surface area (Å²) in [7, 11) is 3.08. The van der Waals surface area contributed by atoms with Gasteiger partial charge in [0.25, 0.3) is 11.8 Å². The second-order valence-electron chi connectivity index (χ2n) is 6.80. The Kier molecular flexibility index (Phi) is 5.48. The molecule has 2 fully saturated rings. The number of nitrogens with one attached hydrogen (secondary N) is 1. The van der Waals surface area contributed by atoms with Gasteiger partial charge in [0, 0.05) is 17.2 Å². The lowest BCUT2D eigenvalue weighted by atomic mass is 9.93. The number of amides is 4. The van der Waals surface area contributed by atoms with Gasteiger partial charge in [-0.1, -0.05) is 19.3 Å². The summed E-state index contributed by atoms with van der Waals surface area (Å²) in [5, 5.41) is 2.30. The molecule has 0 unspecified atom stereocenters. The summed E-state index contributed by atoms with van der Waals surface area (Å²) >= 11 is 0. The summed E-state index contributed by atoms with van der Waals surface area (Å²) in [6, 6.07) is 2.67. The van der Waals surface area contributed by atoms with Crippen LogP contribution in [-0.4, -0.2) is 43.0 Å². The van der Waals surface area contributed by atoms with E-state index < -0.39 is 17.8 Å². The molecule has 1 aromatic carbocycles. The van der Waals surface area contributed by atoms with E-state index in [1.165, 1.54) is 18.1 Å². The standard InChI is InChI=1S/C20H24N2O5/c1-12-16(26-2)10-9-13(17(12)27-3)11-15-18(23)21-20(25)22(19(15)24)14-7-5-4-6-8-14/h9-11,14H,4-8H2,1-3H3,(H,21,23,25). The third-order valence-corrected chi connectivity index (χ3v) is 5.18. The Morgan fingerprint density at radius 1 is 1.07 bits per heavy atom. The van der Waals surface area contributed by atoms with Crippen molar-refractivity contribution in [3.63, 3.8) is 0 Å². The van der Waals surface area contributed by atoms with Crippen LogP contribution in [-0.2, 0) is 9.59 Å². The Hall–Kier alpha value is -2.83. The average Bonchev–Trinajstić information content (AvgIpc) is 2.66. The molecule has 1 aliphatic heterocycles. The molecule has 3 rings (SSSR count). The molecule has 7 heteroatoms. The second-order valence-corrected chi connectivity index (χ2v) is 6.80. The first-order valence-electron chi connectivity index (χ1n) is 9.10. The summed E-state index contributed by atoms with van der Waals surface area (Å²) in [6.45, 7) is 1.83. The van der Waals surface area contributed by atoms with Crippen LogP contribution in [0.15, 0.2) is 17.7 Å². The highest BCUT2D eigenvalue weighted by Gasteiger charge is 2.40. The van der Waals surface area contributed by atoms with Gasteiger partial charge in [0.15, 0.2) is 0 Å². The van der Waals surface area contributed by atoms with Crippen LogP contribution < -0.4 is 14.8 Å². The number of carbonyl (C=O) groups excluding carboxylic acids is 3. The summed E-state index contributed by atoms with van der Waals surface area (Å²) in [4.78, 5) is 38.8. The Labute approximate surface area is 158 Å². The van der Waals surface area contributed by atoms with Gasteiger partial charge in [0.2, 0.25) is 0 Å². The summed E-state index contributed by atoms with van der Waals surface area (Å²) < 4.78 is 10.7. The molecular formula is C20H24N2O5. The van der Waals surface area contributed by atoms with Crippen molar-refractivity contribution in [1.29, 1.82) is 0 Å². The number of hydrogen-bond donors (Lipinski definition) is 1. The SMILES string of the molecule is COc1ccc(C=C2C(=O)NC(=O)N(C3CCCCC3)C2=O)c(OC)c1C. The molecule has 1 N–H and O–H groups in total. The summed E-state index contributed by atoms with van der Waals surface area (Å²) in [5.74, 6) is -0.0743. The van der Waals surface area contributed by atoms with Gasteiger partial charge in [-0.15, -0.1) is 0 Å². The fourth-order valence-electron chi connectivity index (χ4n) is 3.80. The van der Waals surface area contributed by atoms with Crippen LogP contribution in [0, 0.1) is 6.92 Å². The lowest BCUT2D eigenvalue weighted by Gasteiger charge is -2.35. The zero-order valence-electron chi connectivity index (χ0n) is 15.8. The van der Waals surface area contributed by atoms with Crippen LogP contribution in [0.3, 0.4) is 0 Å². The van der Waals surface area contributed by atoms with E-state index in [1.54, 1.807) is 19.2 Å². The van der Waals surface area contributed by atoms with E-state index >= 15 is 0 Å². The number of nitrogens with zero attached hydrogens (tertiary/aromatic N) is 1. The molecule has 0 atom stereocenters. The predicted octanol–water partition coefficient (Wildman–Crippen LogP) is 2.81. The number of hydrogen-bond acceptors (Lipinski definition) is 5. The molecule has 27 heavy (non-hydrogen) atoms. The molecule has 0 bridgehead atoms. The zero-order chi connectivity index (χ0) is 19.6. The fraction of sp³-hybridized carbons (Fsp3) is 0.450. The van der Waals surface area contributed by atoms with E-state index in [-0.39, 0.29) is 11.6 Å². The highest BCUT2D eigenvalue weighted by molar-refractivity contribution is 6.31. The molecule has 0 radical (unpaired) electrons.